The van der Waals surface area contributed by atoms with E-state index in [0.717, 1.165) is 5.56 Å². The number of alkyl carbamates (subject to hydrolysis) is 1. The lowest BCUT2D eigenvalue weighted by Crippen LogP contribution is -2.51. The number of nitrogens with zero attached hydrogens (tertiary/aromatic N) is 3. The number of aromatic nitrogens is 1. The first-order valence-electron chi connectivity index (χ1n) is 14.5. The summed E-state index contributed by atoms with van der Waals surface area (Å²) in [5.41, 5.74) is 1.94. The highest BCUT2D eigenvalue weighted by atomic mass is 35.5. The number of nitrogens with one attached hydrogen (secondary N) is 1. The van der Waals surface area contributed by atoms with E-state index in [1.54, 1.807) is 73.7 Å². The molecule has 2 heterocycles. The normalized spacial score (nSPS) is 14.1. The van der Waals surface area contributed by atoms with E-state index in [0.29, 0.717) is 38.8 Å². The van der Waals surface area contributed by atoms with Gasteiger partial charge in [-0.15, -0.1) is 6.42 Å². The molecule has 0 saturated heterocycles. The van der Waals surface area contributed by atoms with Crippen LogP contribution in [0.1, 0.15) is 62.6 Å². The Labute approximate surface area is 268 Å². The van der Waals surface area contributed by atoms with Crippen LogP contribution in [0.3, 0.4) is 0 Å². The Morgan fingerprint density at radius 1 is 1.13 bits per heavy atom. The molecule has 0 spiro atoms. The van der Waals surface area contributed by atoms with Gasteiger partial charge in [-0.25, -0.2) is 4.79 Å². The summed E-state index contributed by atoms with van der Waals surface area (Å²) in [4.78, 5) is 42.5. The molecule has 1 aliphatic rings. The topological polar surface area (TPSA) is 114 Å². The number of fused-ring (bicyclic) bond motifs is 1. The second kappa shape index (κ2) is 13.1. The van der Waals surface area contributed by atoms with Gasteiger partial charge in [0.2, 0.25) is 5.91 Å². The zero-order valence-corrected chi connectivity index (χ0v) is 27.1. The van der Waals surface area contributed by atoms with E-state index in [2.05, 4.69) is 17.3 Å². The van der Waals surface area contributed by atoms with Gasteiger partial charge in [0.15, 0.2) is 0 Å². The molecule has 2 amide bonds. The Kier molecular flexibility index (Phi) is 9.65. The predicted molar refractivity (Wildman–Crippen MR) is 174 cm³/mol. The lowest BCUT2D eigenvalue weighted by molar-refractivity contribution is -0.120. The van der Waals surface area contributed by atoms with Crippen molar-refractivity contribution in [2.75, 3.05) is 18.1 Å². The number of pyridine rings is 1. The van der Waals surface area contributed by atoms with Crippen LogP contribution in [0, 0.1) is 23.7 Å². The summed E-state index contributed by atoms with van der Waals surface area (Å²) >= 11 is 6.09. The fourth-order valence-corrected chi connectivity index (χ4v) is 5.77. The van der Waals surface area contributed by atoms with Crippen molar-refractivity contribution in [3.63, 3.8) is 0 Å². The highest BCUT2D eigenvalue weighted by molar-refractivity contribution is 6.30. The lowest BCUT2D eigenvalue weighted by atomic mass is 9.90. The molecule has 4 rings (SSSR count). The average Bonchev–Trinajstić information content (AvgIpc) is 3.24. The van der Waals surface area contributed by atoms with E-state index in [9.17, 15) is 19.6 Å². The van der Waals surface area contributed by atoms with Gasteiger partial charge in [0.05, 0.1) is 23.0 Å². The van der Waals surface area contributed by atoms with Gasteiger partial charge in [-0.2, -0.15) is 5.26 Å². The molecule has 45 heavy (non-hydrogen) atoms. The molecule has 0 radical (unpaired) electrons. The van der Waals surface area contributed by atoms with Gasteiger partial charge in [-0.1, -0.05) is 49.6 Å². The van der Waals surface area contributed by atoms with E-state index in [-0.39, 0.29) is 37.5 Å². The third kappa shape index (κ3) is 7.68. The predicted octanol–water partition coefficient (Wildman–Crippen LogP) is 5.27. The second-order valence-electron chi connectivity index (χ2n) is 12.7. The molecular formula is C35H37ClN4O5. The van der Waals surface area contributed by atoms with Crippen LogP contribution >= 0.6 is 11.6 Å². The van der Waals surface area contributed by atoms with Crippen LogP contribution < -0.4 is 20.5 Å². The average molecular weight is 629 g/mol. The molecule has 9 nitrogen and oxygen atoms in total. The van der Waals surface area contributed by atoms with Crippen molar-refractivity contribution >= 4 is 29.3 Å². The third-order valence-corrected chi connectivity index (χ3v) is 7.70. The maximum Gasteiger partial charge on any atom is 0.408 e. The standard InChI is InChI=1S/C35H37ClN4O5/c1-8-15-44-27-13-9-22(10-14-27)16-28(38-33(43)45-34(2,3)4)32(42)40-21-35(5,6)30-29(40)19-24(31(41)39(30)7)17-23-11-12-26(36)18-25(23)20-37/h1,9-14,18-19,28H,15-17,21H2,2-7H3,(H,38,43)/t28-/m0/s1. The summed E-state index contributed by atoms with van der Waals surface area (Å²) in [7, 11) is 1.69. The van der Waals surface area contributed by atoms with Gasteiger partial charge >= 0.3 is 6.09 Å². The Hall–Kier alpha value is -4.73. The molecule has 234 valence electrons. The number of hydrogen-bond donors (Lipinski definition) is 1. The van der Waals surface area contributed by atoms with Gasteiger partial charge in [-0.3, -0.25) is 9.59 Å². The number of carbonyl (C=O) groups excluding carboxylic acids is 2. The van der Waals surface area contributed by atoms with E-state index in [1.807, 2.05) is 26.0 Å². The van der Waals surface area contributed by atoms with E-state index in [1.165, 1.54) is 0 Å². The second-order valence-corrected chi connectivity index (χ2v) is 13.1. The number of anilines is 1. The zero-order valence-electron chi connectivity index (χ0n) is 26.4. The van der Waals surface area contributed by atoms with Gasteiger partial charge in [0.25, 0.3) is 5.56 Å². The van der Waals surface area contributed by atoms with Crippen LogP contribution in [0.5, 0.6) is 5.75 Å². The Balaban J connectivity index is 1.73. The number of halogens is 1. The Morgan fingerprint density at radius 3 is 2.44 bits per heavy atom. The lowest BCUT2D eigenvalue weighted by Gasteiger charge is -2.27. The minimum atomic E-state index is -0.985. The first-order valence-corrected chi connectivity index (χ1v) is 14.9. The van der Waals surface area contributed by atoms with Gasteiger partial charge in [0, 0.05) is 42.4 Å². The fourth-order valence-electron chi connectivity index (χ4n) is 5.60. The number of hydrogen-bond acceptors (Lipinski definition) is 6. The van der Waals surface area contributed by atoms with Crippen LogP contribution in [0.15, 0.2) is 53.3 Å². The molecule has 0 aliphatic carbocycles. The van der Waals surface area contributed by atoms with Crippen LogP contribution in [0.2, 0.25) is 5.02 Å². The zero-order chi connectivity index (χ0) is 33.1. The van der Waals surface area contributed by atoms with Crippen molar-refractivity contribution < 1.29 is 19.1 Å². The smallest absolute Gasteiger partial charge is 0.408 e. The summed E-state index contributed by atoms with van der Waals surface area (Å²) in [5, 5.41) is 12.9. The van der Waals surface area contributed by atoms with E-state index < -0.39 is 23.2 Å². The van der Waals surface area contributed by atoms with Gasteiger partial charge in [0.1, 0.15) is 24.0 Å². The van der Waals surface area contributed by atoms with Crippen molar-refractivity contribution in [1.82, 2.24) is 9.88 Å². The molecule has 0 unspecified atom stereocenters. The number of carbonyl (C=O) groups is 2. The summed E-state index contributed by atoms with van der Waals surface area (Å²) in [6, 6.07) is 15.0. The largest absolute Gasteiger partial charge is 0.481 e. The van der Waals surface area contributed by atoms with Crippen molar-refractivity contribution in [3.8, 4) is 24.2 Å². The number of ether oxygens (including phenoxy) is 2. The van der Waals surface area contributed by atoms with Crippen LogP contribution in [0.25, 0.3) is 0 Å². The number of rotatable bonds is 8. The molecular weight excluding hydrogens is 592 g/mol. The molecule has 1 aliphatic heterocycles. The quantitative estimate of drug-likeness (QED) is 0.340. The summed E-state index contributed by atoms with van der Waals surface area (Å²) in [5.74, 6) is 2.66. The van der Waals surface area contributed by atoms with Crippen molar-refractivity contribution in [2.24, 2.45) is 7.05 Å². The van der Waals surface area contributed by atoms with Crippen LogP contribution in [-0.2, 0) is 34.8 Å². The number of amides is 2. The van der Waals surface area contributed by atoms with Crippen LogP contribution in [-0.4, -0.2) is 41.4 Å². The number of terminal acetylenes is 1. The maximum absolute atomic E-state index is 14.4. The molecule has 0 saturated carbocycles. The monoisotopic (exact) mass is 628 g/mol. The Bertz CT molecular complexity index is 1760. The summed E-state index contributed by atoms with van der Waals surface area (Å²) in [6.07, 6.45) is 4.92. The summed E-state index contributed by atoms with van der Waals surface area (Å²) in [6.45, 7) is 9.60. The first kappa shape index (κ1) is 33.2. The van der Waals surface area contributed by atoms with Crippen molar-refractivity contribution in [1.29, 1.82) is 5.26 Å². The molecule has 1 N–H and O–H groups in total. The molecule has 10 heteroatoms. The minimum Gasteiger partial charge on any atom is -0.481 e. The van der Waals surface area contributed by atoms with Crippen LogP contribution in [0.4, 0.5) is 10.5 Å². The van der Waals surface area contributed by atoms with E-state index >= 15 is 0 Å². The summed E-state index contributed by atoms with van der Waals surface area (Å²) < 4.78 is 12.5. The highest BCUT2D eigenvalue weighted by Crippen LogP contribution is 2.40. The molecule has 3 aromatic rings. The van der Waals surface area contributed by atoms with Crippen molar-refractivity contribution in [2.45, 2.75) is 64.5 Å². The molecule has 0 fully saturated rings. The SMILES string of the molecule is C#CCOc1ccc(C[C@H](NC(=O)OC(C)(C)C)C(=O)N2CC(C)(C)c3c2cc(Cc2ccc(Cl)cc2C#N)c(=O)n3C)cc1. The van der Waals surface area contributed by atoms with Gasteiger partial charge < -0.3 is 24.3 Å². The Morgan fingerprint density at radius 2 is 1.82 bits per heavy atom. The van der Waals surface area contributed by atoms with Gasteiger partial charge in [-0.05, 0) is 62.2 Å². The molecule has 1 aromatic heterocycles. The maximum atomic E-state index is 14.4. The van der Waals surface area contributed by atoms with Crippen molar-refractivity contribution in [3.05, 3.63) is 91.9 Å². The number of nitriles is 1. The molecule has 1 atom stereocenters. The molecule has 0 bridgehead atoms. The highest BCUT2D eigenvalue weighted by Gasteiger charge is 2.43. The first-order chi connectivity index (χ1) is 21.1. The van der Waals surface area contributed by atoms with E-state index in [4.69, 9.17) is 27.5 Å². The third-order valence-electron chi connectivity index (χ3n) is 7.47. The fraction of sp³-hybridized carbons (Fsp3) is 0.371. The molecule has 2 aromatic carbocycles. The number of benzene rings is 2. The minimum absolute atomic E-state index is 0.130.